The second kappa shape index (κ2) is 12.2. The van der Waals surface area contributed by atoms with Crippen molar-refractivity contribution in [3.8, 4) is 5.75 Å². The van der Waals surface area contributed by atoms with Crippen LogP contribution < -0.4 is 25.2 Å². The Morgan fingerprint density at radius 3 is 2.18 bits per heavy atom. The van der Waals surface area contributed by atoms with Crippen molar-refractivity contribution in [3.05, 3.63) is 83.7 Å². The minimum Gasteiger partial charge on any atom is -0.495 e. The average Bonchev–Trinajstić information content (AvgIpc) is 2.91. The molecular weight excluding hydrogens is 495 g/mol. The summed E-state index contributed by atoms with van der Waals surface area (Å²) in [5.74, 6) is 0.159. The predicted octanol–water partition coefficient (Wildman–Crippen LogP) is 5.47. The Morgan fingerprint density at radius 2 is 1.54 bits per heavy atom. The van der Waals surface area contributed by atoms with Gasteiger partial charge in [-0.3, -0.25) is 9.59 Å². The summed E-state index contributed by atoms with van der Waals surface area (Å²) in [7, 11) is 1.67. The summed E-state index contributed by atoms with van der Waals surface area (Å²) in [6, 6.07) is 19.5. The fourth-order valence-electron chi connectivity index (χ4n) is 4.72. The van der Waals surface area contributed by atoms with Gasteiger partial charge in [-0.2, -0.15) is 0 Å². The van der Waals surface area contributed by atoms with E-state index < -0.39 is 0 Å². The first-order chi connectivity index (χ1) is 18.6. The van der Waals surface area contributed by atoms with Gasteiger partial charge < -0.3 is 25.2 Å². The van der Waals surface area contributed by atoms with Crippen molar-refractivity contribution in [1.82, 2.24) is 5.32 Å². The molecule has 1 aliphatic rings. The van der Waals surface area contributed by atoms with Crippen LogP contribution in [-0.4, -0.2) is 45.1 Å². The molecule has 0 bridgehead atoms. The number of benzene rings is 3. The Kier molecular flexibility index (Phi) is 8.74. The molecule has 3 aromatic rings. The second-order valence-electron chi connectivity index (χ2n) is 11.0. The number of anilines is 3. The van der Waals surface area contributed by atoms with Gasteiger partial charge in [0.1, 0.15) is 11.6 Å². The Balaban J connectivity index is 1.53. The minimum absolute atomic E-state index is 0.0988. The van der Waals surface area contributed by atoms with Crippen LogP contribution in [0.5, 0.6) is 5.75 Å². The van der Waals surface area contributed by atoms with Crippen molar-refractivity contribution in [1.29, 1.82) is 0 Å². The van der Waals surface area contributed by atoms with Crippen LogP contribution in [0.15, 0.2) is 66.7 Å². The molecule has 0 radical (unpaired) electrons. The lowest BCUT2D eigenvalue weighted by Gasteiger charge is -2.38. The molecule has 4 rings (SSSR count). The SMILES string of the molecule is COc1ccccc1N1CCN(c2ccc(NC(=O)CC(C)(C)C)cc2C(=O)NCc2ccc(F)cc2)CC1. The predicted molar refractivity (Wildman–Crippen MR) is 154 cm³/mol. The number of halogens is 1. The van der Waals surface area contributed by atoms with Crippen molar-refractivity contribution in [2.45, 2.75) is 33.7 Å². The third-order valence-corrected chi connectivity index (χ3v) is 6.63. The number of piperazine rings is 1. The zero-order chi connectivity index (χ0) is 28.0. The van der Waals surface area contributed by atoms with Crippen molar-refractivity contribution in [3.63, 3.8) is 0 Å². The average molecular weight is 533 g/mol. The molecule has 0 saturated carbocycles. The van der Waals surface area contributed by atoms with Gasteiger partial charge in [0.2, 0.25) is 5.91 Å². The number of hydrogen-bond donors (Lipinski definition) is 2. The van der Waals surface area contributed by atoms with E-state index in [0.29, 0.717) is 30.8 Å². The van der Waals surface area contributed by atoms with E-state index in [-0.39, 0.29) is 29.6 Å². The third-order valence-electron chi connectivity index (χ3n) is 6.63. The summed E-state index contributed by atoms with van der Waals surface area (Å²) in [5.41, 5.74) is 3.56. The van der Waals surface area contributed by atoms with Crippen LogP contribution in [0.2, 0.25) is 0 Å². The van der Waals surface area contributed by atoms with Gasteiger partial charge in [-0.15, -0.1) is 0 Å². The van der Waals surface area contributed by atoms with Gasteiger partial charge in [-0.05, 0) is 53.4 Å². The molecule has 2 amide bonds. The van der Waals surface area contributed by atoms with Crippen LogP contribution in [0, 0.1) is 11.2 Å². The number of nitrogens with one attached hydrogen (secondary N) is 2. The molecule has 39 heavy (non-hydrogen) atoms. The van der Waals surface area contributed by atoms with Gasteiger partial charge in [-0.25, -0.2) is 4.39 Å². The Bertz CT molecular complexity index is 1300. The Morgan fingerprint density at radius 1 is 0.897 bits per heavy atom. The van der Waals surface area contributed by atoms with Crippen molar-refractivity contribution >= 4 is 28.9 Å². The van der Waals surface area contributed by atoms with Crippen LogP contribution in [0.3, 0.4) is 0 Å². The molecule has 0 unspecified atom stereocenters. The Hall–Kier alpha value is -4.07. The number of nitrogens with zero attached hydrogens (tertiary/aromatic N) is 2. The molecule has 8 heteroatoms. The van der Waals surface area contributed by atoms with Gasteiger partial charge in [0.05, 0.1) is 18.4 Å². The molecule has 2 N–H and O–H groups in total. The lowest BCUT2D eigenvalue weighted by molar-refractivity contribution is -0.117. The van der Waals surface area contributed by atoms with Crippen LogP contribution in [-0.2, 0) is 11.3 Å². The number of para-hydroxylation sites is 2. The van der Waals surface area contributed by atoms with Gasteiger partial charge in [-0.1, -0.05) is 45.0 Å². The fraction of sp³-hybridized carbons (Fsp3) is 0.355. The standard InChI is InChI=1S/C31H37FN4O3/c1-31(2,3)20-29(37)34-24-13-14-26(25(19-24)30(38)33-21-22-9-11-23(32)12-10-22)35-15-17-36(18-16-35)27-7-5-6-8-28(27)39-4/h5-14,19H,15-18,20-21H2,1-4H3,(H,33,38)(H,34,37). The van der Waals surface area contributed by atoms with Crippen molar-refractivity contribution in [2.75, 3.05) is 48.4 Å². The highest BCUT2D eigenvalue weighted by atomic mass is 19.1. The monoisotopic (exact) mass is 532 g/mol. The first-order valence-corrected chi connectivity index (χ1v) is 13.2. The summed E-state index contributed by atoms with van der Waals surface area (Å²) >= 11 is 0. The molecule has 1 heterocycles. The molecule has 1 saturated heterocycles. The number of rotatable bonds is 8. The minimum atomic E-state index is -0.321. The third kappa shape index (κ3) is 7.50. The lowest BCUT2D eigenvalue weighted by Crippen LogP contribution is -2.47. The molecule has 1 fully saturated rings. The topological polar surface area (TPSA) is 73.9 Å². The fourth-order valence-corrected chi connectivity index (χ4v) is 4.72. The molecule has 3 aromatic carbocycles. The first kappa shape index (κ1) is 28.0. The highest BCUT2D eigenvalue weighted by Gasteiger charge is 2.24. The van der Waals surface area contributed by atoms with E-state index in [1.807, 2.05) is 51.1 Å². The molecule has 7 nitrogen and oxygen atoms in total. The molecule has 206 valence electrons. The number of methoxy groups -OCH3 is 1. The van der Waals surface area contributed by atoms with Crippen molar-refractivity contribution in [2.24, 2.45) is 5.41 Å². The van der Waals surface area contributed by atoms with E-state index in [1.54, 1.807) is 25.3 Å². The molecule has 0 aromatic heterocycles. The molecular formula is C31H37FN4O3. The first-order valence-electron chi connectivity index (χ1n) is 13.2. The van der Waals surface area contributed by atoms with Gasteiger partial charge in [0.15, 0.2) is 0 Å². The number of ether oxygens (including phenoxy) is 1. The highest BCUT2D eigenvalue weighted by molar-refractivity contribution is 6.02. The molecule has 0 atom stereocenters. The quantitative estimate of drug-likeness (QED) is 0.403. The normalized spacial score (nSPS) is 13.7. The van der Waals surface area contributed by atoms with E-state index in [4.69, 9.17) is 4.74 Å². The second-order valence-corrected chi connectivity index (χ2v) is 11.0. The van der Waals surface area contributed by atoms with Crippen LogP contribution in [0.25, 0.3) is 0 Å². The van der Waals surface area contributed by atoms with E-state index in [1.165, 1.54) is 12.1 Å². The molecule has 0 aliphatic carbocycles. The zero-order valence-electron chi connectivity index (χ0n) is 23.1. The number of amides is 2. The largest absolute Gasteiger partial charge is 0.495 e. The maximum Gasteiger partial charge on any atom is 0.253 e. The van der Waals surface area contributed by atoms with E-state index in [0.717, 1.165) is 35.8 Å². The summed E-state index contributed by atoms with van der Waals surface area (Å²) < 4.78 is 18.8. The summed E-state index contributed by atoms with van der Waals surface area (Å²) in [4.78, 5) is 30.5. The van der Waals surface area contributed by atoms with Crippen LogP contribution in [0.4, 0.5) is 21.5 Å². The van der Waals surface area contributed by atoms with Crippen LogP contribution in [0.1, 0.15) is 43.1 Å². The van der Waals surface area contributed by atoms with Gasteiger partial charge in [0, 0.05) is 50.5 Å². The molecule has 0 spiro atoms. The number of carbonyl (C=O) groups excluding carboxylic acids is 2. The smallest absolute Gasteiger partial charge is 0.253 e. The summed E-state index contributed by atoms with van der Waals surface area (Å²) in [6.45, 7) is 9.25. The highest BCUT2D eigenvalue weighted by Crippen LogP contribution is 2.31. The number of hydrogen-bond acceptors (Lipinski definition) is 5. The maximum atomic E-state index is 13.4. The Labute approximate surface area is 230 Å². The zero-order valence-corrected chi connectivity index (χ0v) is 23.1. The van der Waals surface area contributed by atoms with E-state index >= 15 is 0 Å². The van der Waals surface area contributed by atoms with Crippen molar-refractivity contribution < 1.29 is 18.7 Å². The summed E-state index contributed by atoms with van der Waals surface area (Å²) in [5, 5.41) is 5.90. The van der Waals surface area contributed by atoms with E-state index in [9.17, 15) is 14.0 Å². The van der Waals surface area contributed by atoms with Crippen LogP contribution >= 0.6 is 0 Å². The van der Waals surface area contributed by atoms with Gasteiger partial charge in [0.25, 0.3) is 5.91 Å². The summed E-state index contributed by atoms with van der Waals surface area (Å²) in [6.07, 6.45) is 0.367. The lowest BCUT2D eigenvalue weighted by atomic mass is 9.92. The molecule has 1 aliphatic heterocycles. The van der Waals surface area contributed by atoms with Gasteiger partial charge >= 0.3 is 0 Å². The number of carbonyl (C=O) groups is 2. The van der Waals surface area contributed by atoms with E-state index in [2.05, 4.69) is 26.5 Å². The maximum absolute atomic E-state index is 13.4.